The highest BCUT2D eigenvalue weighted by Gasteiger charge is 2.43. The van der Waals surface area contributed by atoms with Crippen molar-refractivity contribution in [1.82, 2.24) is 0 Å². The van der Waals surface area contributed by atoms with Gasteiger partial charge in [0.1, 0.15) is 0 Å². The standard InChI is InChI=1S/C51H36S/c1-3-13-35(14-4-1)33-51(49-43-19-9-7-17-38(43)27-31-47(49)52-48-32-28-39-18-8-10-20-44(39)50(48)51)34-36-23-25-40(26-24-36)42-30-29-41(37-15-5-2-6-16-37)45-21-11-12-22-46(42)45/h1-32H,33-34H2. The van der Waals surface area contributed by atoms with E-state index in [0.29, 0.717) is 0 Å². The van der Waals surface area contributed by atoms with Crippen LogP contribution in [0, 0.1) is 0 Å². The molecule has 0 amide bonds. The minimum absolute atomic E-state index is 0.301. The third-order valence-corrected chi connectivity index (χ3v) is 12.2. The minimum atomic E-state index is -0.301. The summed E-state index contributed by atoms with van der Waals surface area (Å²) in [4.78, 5) is 2.72. The zero-order valence-corrected chi connectivity index (χ0v) is 29.6. The second kappa shape index (κ2) is 12.7. The van der Waals surface area contributed by atoms with Gasteiger partial charge < -0.3 is 0 Å². The van der Waals surface area contributed by atoms with Gasteiger partial charge in [-0.1, -0.05) is 194 Å². The van der Waals surface area contributed by atoms with Crippen molar-refractivity contribution in [2.24, 2.45) is 0 Å². The Hall–Kier alpha value is -5.89. The Morgan fingerprint density at radius 3 is 1.29 bits per heavy atom. The van der Waals surface area contributed by atoms with Crippen LogP contribution in [0.1, 0.15) is 22.3 Å². The van der Waals surface area contributed by atoms with Crippen molar-refractivity contribution in [3.8, 4) is 22.3 Å². The number of hydrogen-bond acceptors (Lipinski definition) is 1. The average Bonchev–Trinajstić information content (AvgIpc) is 3.21. The molecule has 246 valence electrons. The lowest BCUT2D eigenvalue weighted by atomic mass is 9.64. The Bertz CT molecular complexity index is 2660. The predicted molar refractivity (Wildman–Crippen MR) is 221 cm³/mol. The summed E-state index contributed by atoms with van der Waals surface area (Å²) in [5.41, 5.74) is 10.3. The van der Waals surface area contributed by atoms with Crippen molar-refractivity contribution in [3.05, 3.63) is 216 Å². The van der Waals surface area contributed by atoms with E-state index < -0.39 is 0 Å². The molecule has 9 aromatic rings. The van der Waals surface area contributed by atoms with Gasteiger partial charge in [0.2, 0.25) is 0 Å². The largest absolute Gasteiger partial charge is 0.0894 e. The molecule has 0 N–H and O–H groups in total. The molecule has 9 aromatic carbocycles. The summed E-state index contributed by atoms with van der Waals surface area (Å²) in [7, 11) is 0. The second-order valence-electron chi connectivity index (χ2n) is 14.1. The van der Waals surface area contributed by atoms with E-state index in [0.717, 1.165) is 12.8 Å². The summed E-state index contributed by atoms with van der Waals surface area (Å²) in [6.45, 7) is 0. The third kappa shape index (κ3) is 5.15. The molecule has 0 radical (unpaired) electrons. The van der Waals surface area contributed by atoms with Gasteiger partial charge in [0.25, 0.3) is 0 Å². The van der Waals surface area contributed by atoms with Gasteiger partial charge in [-0.25, -0.2) is 0 Å². The molecule has 0 aromatic heterocycles. The first kappa shape index (κ1) is 30.9. The maximum Gasteiger partial charge on any atom is 0.0318 e. The molecule has 1 aliphatic rings. The van der Waals surface area contributed by atoms with Crippen LogP contribution < -0.4 is 0 Å². The molecule has 0 saturated carbocycles. The maximum absolute atomic E-state index is 2.39. The van der Waals surface area contributed by atoms with Gasteiger partial charge >= 0.3 is 0 Å². The number of benzene rings is 9. The molecule has 1 heteroatoms. The molecule has 1 heterocycles. The van der Waals surface area contributed by atoms with Gasteiger partial charge in [-0.3, -0.25) is 0 Å². The molecule has 0 bridgehead atoms. The van der Waals surface area contributed by atoms with Crippen molar-refractivity contribution < 1.29 is 0 Å². The molecular formula is C51H36S. The summed E-state index contributed by atoms with van der Waals surface area (Å²) >= 11 is 1.94. The molecule has 1 aliphatic heterocycles. The van der Waals surface area contributed by atoms with Crippen LogP contribution in [-0.4, -0.2) is 0 Å². The topological polar surface area (TPSA) is 0 Å². The quantitative estimate of drug-likeness (QED) is 0.168. The van der Waals surface area contributed by atoms with Gasteiger partial charge in [0.15, 0.2) is 0 Å². The molecule has 0 spiro atoms. The lowest BCUT2D eigenvalue weighted by Gasteiger charge is -2.43. The van der Waals surface area contributed by atoms with Crippen molar-refractivity contribution >= 4 is 44.1 Å². The van der Waals surface area contributed by atoms with E-state index in [2.05, 4.69) is 194 Å². The van der Waals surface area contributed by atoms with E-state index in [9.17, 15) is 0 Å². The normalized spacial score (nSPS) is 13.2. The number of rotatable bonds is 6. The molecule has 0 unspecified atom stereocenters. The fourth-order valence-electron chi connectivity index (χ4n) is 8.84. The van der Waals surface area contributed by atoms with E-state index in [1.807, 2.05) is 11.8 Å². The van der Waals surface area contributed by atoms with Crippen molar-refractivity contribution in [3.63, 3.8) is 0 Å². The van der Waals surface area contributed by atoms with E-state index in [1.165, 1.54) is 86.6 Å². The highest BCUT2D eigenvalue weighted by molar-refractivity contribution is 7.99. The predicted octanol–water partition coefficient (Wildman–Crippen LogP) is 13.7. The number of fused-ring (bicyclic) bond motifs is 7. The summed E-state index contributed by atoms with van der Waals surface area (Å²) < 4.78 is 0. The zero-order chi connectivity index (χ0) is 34.5. The van der Waals surface area contributed by atoms with E-state index in [1.54, 1.807) is 0 Å². The SMILES string of the molecule is c1ccc(CC2(Cc3ccc(-c4ccc(-c5ccccc5)c5ccccc45)cc3)c3c(ccc4ccccc34)Sc3ccc4ccccc4c32)cc1. The lowest BCUT2D eigenvalue weighted by molar-refractivity contribution is 0.494. The lowest BCUT2D eigenvalue weighted by Crippen LogP contribution is -2.36. The first-order valence-corrected chi connectivity index (χ1v) is 19.0. The highest BCUT2D eigenvalue weighted by Crippen LogP contribution is 2.56. The Morgan fingerprint density at radius 2 is 0.750 bits per heavy atom. The summed E-state index contributed by atoms with van der Waals surface area (Å²) in [5, 5.41) is 7.85. The van der Waals surface area contributed by atoms with Gasteiger partial charge in [0, 0.05) is 15.2 Å². The summed E-state index contributed by atoms with van der Waals surface area (Å²) in [6, 6.07) is 72.1. The van der Waals surface area contributed by atoms with Crippen LogP contribution in [0.4, 0.5) is 0 Å². The molecule has 0 atom stereocenters. The maximum atomic E-state index is 2.39. The third-order valence-electron chi connectivity index (χ3n) is 11.1. The van der Waals surface area contributed by atoms with Crippen LogP contribution in [-0.2, 0) is 18.3 Å². The van der Waals surface area contributed by atoms with Gasteiger partial charge in [-0.2, -0.15) is 0 Å². The molecule has 0 saturated heterocycles. The van der Waals surface area contributed by atoms with Crippen molar-refractivity contribution in [2.45, 2.75) is 28.0 Å². The Morgan fingerprint density at radius 1 is 0.327 bits per heavy atom. The zero-order valence-electron chi connectivity index (χ0n) is 28.8. The Labute approximate surface area is 309 Å². The van der Waals surface area contributed by atoms with E-state index in [-0.39, 0.29) is 5.41 Å². The smallest absolute Gasteiger partial charge is 0.0318 e. The Kier molecular flexibility index (Phi) is 7.55. The minimum Gasteiger partial charge on any atom is -0.0894 e. The van der Waals surface area contributed by atoms with Crippen LogP contribution in [0.25, 0.3) is 54.6 Å². The van der Waals surface area contributed by atoms with Crippen LogP contribution in [0.5, 0.6) is 0 Å². The van der Waals surface area contributed by atoms with Crippen LogP contribution in [0.3, 0.4) is 0 Å². The Balaban J connectivity index is 1.17. The molecule has 52 heavy (non-hydrogen) atoms. The fourth-order valence-corrected chi connectivity index (χ4v) is 10.2. The molecule has 0 aliphatic carbocycles. The van der Waals surface area contributed by atoms with Crippen molar-refractivity contribution in [1.29, 1.82) is 0 Å². The van der Waals surface area contributed by atoms with Crippen molar-refractivity contribution in [2.75, 3.05) is 0 Å². The monoisotopic (exact) mass is 680 g/mol. The molecule has 0 fully saturated rings. The van der Waals surface area contributed by atoms with Gasteiger partial charge in [-0.15, -0.1) is 0 Å². The van der Waals surface area contributed by atoms with E-state index >= 15 is 0 Å². The van der Waals surface area contributed by atoms with Crippen LogP contribution >= 0.6 is 11.8 Å². The highest BCUT2D eigenvalue weighted by atomic mass is 32.2. The number of hydrogen-bond donors (Lipinski definition) is 0. The summed E-state index contributed by atoms with van der Waals surface area (Å²) in [5.74, 6) is 0. The first-order chi connectivity index (χ1) is 25.7. The van der Waals surface area contributed by atoms with E-state index in [4.69, 9.17) is 0 Å². The fraction of sp³-hybridized carbons (Fsp3) is 0.0588. The molecule has 10 rings (SSSR count). The average molecular weight is 681 g/mol. The molecule has 0 nitrogen and oxygen atoms in total. The van der Waals surface area contributed by atoms with Crippen LogP contribution in [0.15, 0.2) is 204 Å². The second-order valence-corrected chi connectivity index (χ2v) is 15.2. The summed E-state index contributed by atoms with van der Waals surface area (Å²) in [6.07, 6.45) is 1.79. The van der Waals surface area contributed by atoms with Crippen LogP contribution in [0.2, 0.25) is 0 Å². The van der Waals surface area contributed by atoms with Gasteiger partial charge in [-0.05, 0) is 102 Å². The van der Waals surface area contributed by atoms with Gasteiger partial charge in [0.05, 0.1) is 0 Å². The first-order valence-electron chi connectivity index (χ1n) is 18.2. The molecular weight excluding hydrogens is 645 g/mol.